The number of hydrogen-bond donors (Lipinski definition) is 2. The summed E-state index contributed by atoms with van der Waals surface area (Å²) in [5.41, 5.74) is 2.10. The maximum atomic E-state index is 13.5. The van der Waals surface area contributed by atoms with Crippen molar-refractivity contribution in [1.82, 2.24) is 5.43 Å². The van der Waals surface area contributed by atoms with Crippen LogP contribution in [0.3, 0.4) is 0 Å². The summed E-state index contributed by atoms with van der Waals surface area (Å²) in [5.74, 6) is 3.09. The number of nitrogens with one attached hydrogen (secondary N) is 1. The third-order valence-electron chi connectivity index (χ3n) is 2.64. The number of nitrogens with two attached hydrogens (primary N) is 1. The van der Waals surface area contributed by atoms with Gasteiger partial charge in [-0.25, -0.2) is 17.2 Å². The smallest absolute Gasteiger partial charge is 0.163 e. The van der Waals surface area contributed by atoms with Gasteiger partial charge in [0.15, 0.2) is 21.5 Å². The Bertz CT molecular complexity index is 505. The first-order valence-electron chi connectivity index (χ1n) is 4.88. The molecule has 3 N–H and O–H groups in total. The van der Waals surface area contributed by atoms with Crippen molar-refractivity contribution in [2.24, 2.45) is 5.84 Å². The number of sulfone groups is 1. The average Bonchev–Trinajstić information content (AvgIpc) is 2.23. The third-order valence-corrected chi connectivity index (χ3v) is 4.26. The molecule has 0 spiro atoms. The standard InChI is InChI=1S/C10H14F2N2O2S/c1-6(17(2,15)16)10(14-13)7-4-3-5-8(11)9(7)12/h3-6,10,14H,13H2,1-2H3. The lowest BCUT2D eigenvalue weighted by Crippen LogP contribution is -2.39. The second kappa shape index (κ2) is 5.07. The zero-order valence-corrected chi connectivity index (χ0v) is 10.3. The van der Waals surface area contributed by atoms with Crippen molar-refractivity contribution in [1.29, 1.82) is 0 Å². The lowest BCUT2D eigenvalue weighted by molar-refractivity contribution is 0.456. The van der Waals surface area contributed by atoms with E-state index in [4.69, 9.17) is 5.84 Å². The SMILES string of the molecule is CC(C(NN)c1cccc(F)c1F)S(C)(=O)=O. The summed E-state index contributed by atoms with van der Waals surface area (Å²) >= 11 is 0. The maximum absolute atomic E-state index is 13.5. The van der Waals surface area contributed by atoms with Crippen LogP contribution >= 0.6 is 0 Å². The van der Waals surface area contributed by atoms with Crippen LogP contribution in [-0.2, 0) is 9.84 Å². The van der Waals surface area contributed by atoms with E-state index in [-0.39, 0.29) is 5.56 Å². The molecular formula is C10H14F2N2O2S. The molecule has 1 rings (SSSR count). The first kappa shape index (κ1) is 14.0. The summed E-state index contributed by atoms with van der Waals surface area (Å²) in [6.45, 7) is 1.38. The highest BCUT2D eigenvalue weighted by Gasteiger charge is 2.29. The topological polar surface area (TPSA) is 72.2 Å². The van der Waals surface area contributed by atoms with Gasteiger partial charge in [-0.05, 0) is 13.0 Å². The molecule has 0 aliphatic heterocycles. The number of hydrazine groups is 1. The Kier molecular flexibility index (Phi) is 4.18. The summed E-state index contributed by atoms with van der Waals surface area (Å²) in [7, 11) is -3.42. The van der Waals surface area contributed by atoms with E-state index in [1.807, 2.05) is 0 Å². The Morgan fingerprint density at radius 2 is 1.94 bits per heavy atom. The normalized spacial score (nSPS) is 15.6. The molecule has 1 aromatic carbocycles. The predicted molar refractivity (Wildman–Crippen MR) is 60.7 cm³/mol. The monoisotopic (exact) mass is 264 g/mol. The summed E-state index contributed by atoms with van der Waals surface area (Å²) in [4.78, 5) is 0. The summed E-state index contributed by atoms with van der Waals surface area (Å²) in [6.07, 6.45) is 1.01. The minimum atomic E-state index is -3.42. The summed E-state index contributed by atoms with van der Waals surface area (Å²) < 4.78 is 49.3. The molecule has 0 saturated heterocycles. The molecule has 1 aromatic rings. The van der Waals surface area contributed by atoms with Gasteiger partial charge in [0, 0.05) is 11.8 Å². The molecular weight excluding hydrogens is 250 g/mol. The Morgan fingerprint density at radius 3 is 2.41 bits per heavy atom. The summed E-state index contributed by atoms with van der Waals surface area (Å²) in [6, 6.07) is 2.55. The van der Waals surface area contributed by atoms with E-state index in [0.29, 0.717) is 0 Å². The second-order valence-corrected chi connectivity index (χ2v) is 6.22. The molecule has 4 nitrogen and oxygen atoms in total. The predicted octanol–water partition coefficient (Wildman–Crippen LogP) is 0.902. The van der Waals surface area contributed by atoms with Crippen LogP contribution in [0.15, 0.2) is 18.2 Å². The van der Waals surface area contributed by atoms with Crippen LogP contribution < -0.4 is 11.3 Å². The molecule has 0 bridgehead atoms. The Hall–Kier alpha value is -1.05. The minimum Gasteiger partial charge on any atom is -0.271 e. The fraction of sp³-hybridized carbons (Fsp3) is 0.400. The minimum absolute atomic E-state index is 0.106. The van der Waals surface area contributed by atoms with E-state index in [1.54, 1.807) is 0 Å². The van der Waals surface area contributed by atoms with Gasteiger partial charge in [-0.3, -0.25) is 11.3 Å². The number of halogens is 2. The second-order valence-electron chi connectivity index (χ2n) is 3.82. The Balaban J connectivity index is 3.24. The lowest BCUT2D eigenvalue weighted by atomic mass is 10.0. The van der Waals surface area contributed by atoms with E-state index in [2.05, 4.69) is 5.43 Å². The molecule has 0 radical (unpaired) electrons. The molecule has 0 amide bonds. The van der Waals surface area contributed by atoms with Crippen LogP contribution in [0.5, 0.6) is 0 Å². The fourth-order valence-corrected chi connectivity index (χ4v) is 2.21. The largest absolute Gasteiger partial charge is 0.271 e. The van der Waals surface area contributed by atoms with Crippen molar-refractivity contribution < 1.29 is 17.2 Å². The Labute approximate surface area is 98.7 Å². The van der Waals surface area contributed by atoms with Crippen LogP contribution in [0.4, 0.5) is 8.78 Å². The number of benzene rings is 1. The van der Waals surface area contributed by atoms with Gasteiger partial charge in [-0.2, -0.15) is 0 Å². The van der Waals surface area contributed by atoms with Crippen LogP contribution in [0.25, 0.3) is 0 Å². The van der Waals surface area contributed by atoms with Crippen molar-refractivity contribution in [2.45, 2.75) is 18.2 Å². The molecule has 0 heterocycles. The zero-order valence-electron chi connectivity index (χ0n) is 9.44. The number of hydrogen-bond acceptors (Lipinski definition) is 4. The molecule has 0 saturated carbocycles. The van der Waals surface area contributed by atoms with Crippen molar-refractivity contribution in [3.63, 3.8) is 0 Å². The fourth-order valence-electron chi connectivity index (χ4n) is 1.49. The van der Waals surface area contributed by atoms with Crippen molar-refractivity contribution in [3.05, 3.63) is 35.4 Å². The van der Waals surface area contributed by atoms with Crippen LogP contribution in [-0.4, -0.2) is 19.9 Å². The van der Waals surface area contributed by atoms with Crippen molar-refractivity contribution in [2.75, 3.05) is 6.26 Å². The van der Waals surface area contributed by atoms with Gasteiger partial charge in [-0.1, -0.05) is 12.1 Å². The highest BCUT2D eigenvalue weighted by molar-refractivity contribution is 7.91. The lowest BCUT2D eigenvalue weighted by Gasteiger charge is -2.22. The first-order chi connectivity index (χ1) is 7.79. The van der Waals surface area contributed by atoms with Crippen LogP contribution in [0.1, 0.15) is 18.5 Å². The highest BCUT2D eigenvalue weighted by atomic mass is 32.2. The average molecular weight is 264 g/mol. The van der Waals surface area contributed by atoms with E-state index in [9.17, 15) is 17.2 Å². The van der Waals surface area contributed by atoms with E-state index < -0.39 is 32.8 Å². The molecule has 96 valence electrons. The van der Waals surface area contributed by atoms with Crippen LogP contribution in [0.2, 0.25) is 0 Å². The van der Waals surface area contributed by atoms with Gasteiger partial charge < -0.3 is 0 Å². The van der Waals surface area contributed by atoms with Gasteiger partial charge in [0.05, 0.1) is 11.3 Å². The van der Waals surface area contributed by atoms with E-state index in [0.717, 1.165) is 12.3 Å². The third kappa shape index (κ3) is 2.99. The van der Waals surface area contributed by atoms with E-state index >= 15 is 0 Å². The molecule has 7 heteroatoms. The quantitative estimate of drug-likeness (QED) is 0.626. The molecule has 2 atom stereocenters. The van der Waals surface area contributed by atoms with Gasteiger partial charge >= 0.3 is 0 Å². The molecule has 0 fully saturated rings. The first-order valence-corrected chi connectivity index (χ1v) is 6.83. The van der Waals surface area contributed by atoms with Crippen LogP contribution in [0, 0.1) is 11.6 Å². The summed E-state index contributed by atoms with van der Waals surface area (Å²) in [5, 5.41) is -0.969. The molecule has 0 aliphatic carbocycles. The molecule has 0 aliphatic rings. The number of rotatable bonds is 4. The highest BCUT2D eigenvalue weighted by Crippen LogP contribution is 2.24. The van der Waals surface area contributed by atoms with Gasteiger partial charge in [0.25, 0.3) is 0 Å². The van der Waals surface area contributed by atoms with Crippen molar-refractivity contribution >= 4 is 9.84 Å². The Morgan fingerprint density at radius 1 is 1.35 bits per heavy atom. The molecule has 0 aromatic heterocycles. The van der Waals surface area contributed by atoms with E-state index in [1.165, 1.54) is 19.1 Å². The zero-order chi connectivity index (χ0) is 13.2. The molecule has 2 unspecified atom stereocenters. The van der Waals surface area contributed by atoms with Crippen molar-refractivity contribution in [3.8, 4) is 0 Å². The van der Waals surface area contributed by atoms with Gasteiger partial charge in [-0.15, -0.1) is 0 Å². The maximum Gasteiger partial charge on any atom is 0.163 e. The van der Waals surface area contributed by atoms with Gasteiger partial charge in [0.1, 0.15) is 0 Å². The van der Waals surface area contributed by atoms with Gasteiger partial charge in [0.2, 0.25) is 0 Å². The molecule has 17 heavy (non-hydrogen) atoms.